The molecule has 6 nitrogen and oxygen atoms in total. The summed E-state index contributed by atoms with van der Waals surface area (Å²) in [7, 11) is 1.69. The first-order valence-electron chi connectivity index (χ1n) is 15.4. The molecule has 0 aliphatic carbocycles. The molecule has 0 radical (unpaired) electrons. The highest BCUT2D eigenvalue weighted by molar-refractivity contribution is 7.99. The Hall–Kier alpha value is -4.40. The fraction of sp³-hybridized carbons (Fsp3) is 0.205. The van der Waals surface area contributed by atoms with E-state index in [4.69, 9.17) is 14.2 Å². The van der Waals surface area contributed by atoms with Crippen molar-refractivity contribution in [1.82, 2.24) is 5.32 Å². The van der Waals surface area contributed by atoms with Gasteiger partial charge in [-0.2, -0.15) is 0 Å². The molecular weight excluding hydrogens is 594 g/mol. The van der Waals surface area contributed by atoms with E-state index < -0.39 is 6.29 Å². The summed E-state index contributed by atoms with van der Waals surface area (Å²) < 4.78 is 18.7. The lowest BCUT2D eigenvalue weighted by atomic mass is 9.97. The molecule has 7 heteroatoms. The maximum absolute atomic E-state index is 12.7. The predicted octanol–water partition coefficient (Wildman–Crippen LogP) is 8.12. The number of nitrogens with one attached hydrogen (secondary N) is 1. The third-order valence-corrected chi connectivity index (χ3v) is 9.28. The van der Waals surface area contributed by atoms with E-state index in [1.807, 2.05) is 91.0 Å². The average Bonchev–Trinajstić information content (AvgIpc) is 3.13. The van der Waals surface area contributed by atoms with Gasteiger partial charge in [0.1, 0.15) is 5.75 Å². The molecule has 1 aliphatic rings. The number of hydrogen-bond acceptors (Lipinski definition) is 6. The molecule has 1 saturated heterocycles. The maximum Gasteiger partial charge on any atom is 0.251 e. The minimum absolute atomic E-state index is 0.00455. The van der Waals surface area contributed by atoms with Gasteiger partial charge in [0.05, 0.1) is 25.9 Å². The number of thioether (sulfide) groups is 1. The Bertz CT molecular complexity index is 1730. The molecule has 1 amide bonds. The number of hydrogen-bond donors (Lipinski definition) is 2. The third-order valence-electron chi connectivity index (χ3n) is 8.10. The molecule has 6 rings (SSSR count). The van der Waals surface area contributed by atoms with Gasteiger partial charge in [0.25, 0.3) is 5.91 Å². The van der Waals surface area contributed by atoms with E-state index >= 15 is 0 Å². The Morgan fingerprint density at radius 1 is 0.826 bits per heavy atom. The molecule has 0 saturated carbocycles. The second-order valence-electron chi connectivity index (χ2n) is 11.1. The number of ether oxygens (including phenoxy) is 3. The average molecular weight is 632 g/mol. The minimum Gasteiger partial charge on any atom is -0.496 e. The lowest BCUT2D eigenvalue weighted by molar-refractivity contribution is -0.245. The van der Waals surface area contributed by atoms with Crippen LogP contribution in [-0.2, 0) is 22.6 Å². The molecule has 0 bridgehead atoms. The lowest BCUT2D eigenvalue weighted by Gasteiger charge is -2.36. The summed E-state index contributed by atoms with van der Waals surface area (Å²) >= 11 is 1.72. The molecule has 5 aromatic carbocycles. The summed E-state index contributed by atoms with van der Waals surface area (Å²) in [6, 6.07) is 41.6. The first-order valence-corrected chi connectivity index (χ1v) is 16.4. The Labute approximate surface area is 274 Å². The van der Waals surface area contributed by atoms with E-state index in [2.05, 4.69) is 41.7 Å². The first-order chi connectivity index (χ1) is 22.6. The molecule has 46 heavy (non-hydrogen) atoms. The zero-order valence-corrected chi connectivity index (χ0v) is 26.5. The molecular formula is C39H37NO5S. The Balaban J connectivity index is 1.19. The smallest absolute Gasteiger partial charge is 0.251 e. The number of carbonyl (C=O) groups excluding carboxylic acids is 1. The zero-order chi connectivity index (χ0) is 31.7. The van der Waals surface area contributed by atoms with Crippen LogP contribution in [0.5, 0.6) is 5.75 Å². The molecule has 3 unspecified atom stereocenters. The van der Waals surface area contributed by atoms with Crippen LogP contribution in [-0.4, -0.2) is 30.0 Å². The number of carbonyl (C=O) groups is 1. The number of benzene rings is 5. The molecule has 1 aliphatic heterocycles. The van der Waals surface area contributed by atoms with Crippen molar-refractivity contribution in [3.63, 3.8) is 0 Å². The van der Waals surface area contributed by atoms with Crippen LogP contribution in [0.4, 0.5) is 0 Å². The van der Waals surface area contributed by atoms with Crippen molar-refractivity contribution in [1.29, 1.82) is 0 Å². The number of para-hydroxylation sites is 1. The van der Waals surface area contributed by atoms with E-state index in [0.29, 0.717) is 18.5 Å². The number of methoxy groups -OCH3 is 1. The molecule has 1 heterocycles. The van der Waals surface area contributed by atoms with Gasteiger partial charge in [-0.1, -0.05) is 103 Å². The topological polar surface area (TPSA) is 77.0 Å². The lowest BCUT2D eigenvalue weighted by Crippen LogP contribution is -2.31. The van der Waals surface area contributed by atoms with Crippen molar-refractivity contribution < 1.29 is 24.1 Å². The van der Waals surface area contributed by atoms with E-state index in [1.165, 1.54) is 0 Å². The largest absolute Gasteiger partial charge is 0.496 e. The predicted molar refractivity (Wildman–Crippen MR) is 182 cm³/mol. The van der Waals surface area contributed by atoms with Crippen LogP contribution in [0.15, 0.2) is 132 Å². The van der Waals surface area contributed by atoms with Gasteiger partial charge in [-0.3, -0.25) is 4.79 Å². The standard InChI is InChI=1S/C39H37NO5S/c1-43-35-13-7-8-14-37(35)46-26-33-23-36(29-17-15-27(25-41)16-18-29)45-39(44-33)31-21-19-28(20-22-31)34-12-6-5-11-32(34)24-40-38(42)30-9-3-2-4-10-30/h2-22,33,36,39,41H,23-26H2,1H3,(H,40,42). The summed E-state index contributed by atoms with van der Waals surface area (Å²) in [6.07, 6.45) is -0.0701. The van der Waals surface area contributed by atoms with Gasteiger partial charge in [-0.05, 0) is 52.1 Å². The van der Waals surface area contributed by atoms with E-state index in [0.717, 1.165) is 49.8 Å². The number of aliphatic hydroxyl groups is 1. The van der Waals surface area contributed by atoms with Crippen LogP contribution in [0.2, 0.25) is 0 Å². The monoisotopic (exact) mass is 631 g/mol. The molecule has 2 N–H and O–H groups in total. The minimum atomic E-state index is -0.547. The Kier molecular flexibility index (Phi) is 10.5. The normalized spacial score (nSPS) is 17.7. The van der Waals surface area contributed by atoms with Crippen molar-refractivity contribution in [2.24, 2.45) is 0 Å². The van der Waals surface area contributed by atoms with Crippen molar-refractivity contribution in [3.8, 4) is 16.9 Å². The Morgan fingerprint density at radius 2 is 1.52 bits per heavy atom. The molecule has 1 fully saturated rings. The van der Waals surface area contributed by atoms with E-state index in [9.17, 15) is 9.90 Å². The van der Waals surface area contributed by atoms with Gasteiger partial charge in [0, 0.05) is 34.7 Å². The number of aliphatic hydroxyl groups excluding tert-OH is 1. The number of rotatable bonds is 11. The highest BCUT2D eigenvalue weighted by atomic mass is 32.2. The maximum atomic E-state index is 12.7. The van der Waals surface area contributed by atoms with Crippen LogP contribution < -0.4 is 10.1 Å². The Morgan fingerprint density at radius 3 is 2.28 bits per heavy atom. The fourth-order valence-corrected chi connectivity index (χ4v) is 6.64. The molecule has 5 aromatic rings. The van der Waals surface area contributed by atoms with Gasteiger partial charge >= 0.3 is 0 Å². The molecule has 234 valence electrons. The van der Waals surface area contributed by atoms with Gasteiger partial charge in [0.2, 0.25) is 0 Å². The van der Waals surface area contributed by atoms with E-state index in [-0.39, 0.29) is 24.7 Å². The number of amides is 1. The van der Waals surface area contributed by atoms with Gasteiger partial charge in [0.15, 0.2) is 6.29 Å². The highest BCUT2D eigenvalue weighted by Crippen LogP contribution is 2.41. The van der Waals surface area contributed by atoms with Crippen LogP contribution >= 0.6 is 11.8 Å². The van der Waals surface area contributed by atoms with Crippen LogP contribution in [0.25, 0.3) is 11.1 Å². The first kappa shape index (κ1) is 31.6. The molecule has 3 atom stereocenters. The van der Waals surface area contributed by atoms with Crippen LogP contribution in [0.1, 0.15) is 51.4 Å². The quantitative estimate of drug-likeness (QED) is 0.143. The highest BCUT2D eigenvalue weighted by Gasteiger charge is 2.32. The van der Waals surface area contributed by atoms with Gasteiger partial charge in [-0.25, -0.2) is 0 Å². The summed E-state index contributed by atoms with van der Waals surface area (Å²) in [5.41, 5.74) is 6.63. The fourth-order valence-electron chi connectivity index (χ4n) is 5.59. The van der Waals surface area contributed by atoms with Crippen LogP contribution in [0, 0.1) is 0 Å². The van der Waals surface area contributed by atoms with Crippen molar-refractivity contribution >= 4 is 17.7 Å². The SMILES string of the molecule is COc1ccccc1SCC1CC(c2ccc(CO)cc2)OC(c2ccc(-c3ccccc3CNC(=O)c3ccccc3)cc2)O1. The third kappa shape index (κ3) is 7.69. The van der Waals surface area contributed by atoms with Gasteiger partial charge < -0.3 is 24.6 Å². The second kappa shape index (κ2) is 15.3. The van der Waals surface area contributed by atoms with Crippen LogP contribution in [0.3, 0.4) is 0 Å². The summed E-state index contributed by atoms with van der Waals surface area (Å²) in [6.45, 7) is 0.424. The van der Waals surface area contributed by atoms with Crippen molar-refractivity contribution in [3.05, 3.63) is 155 Å². The van der Waals surface area contributed by atoms with Crippen molar-refractivity contribution in [2.75, 3.05) is 12.9 Å². The molecule has 0 aromatic heterocycles. The van der Waals surface area contributed by atoms with Crippen molar-refractivity contribution in [2.45, 2.75) is 43.0 Å². The zero-order valence-electron chi connectivity index (χ0n) is 25.7. The van der Waals surface area contributed by atoms with E-state index in [1.54, 1.807) is 18.9 Å². The summed E-state index contributed by atoms with van der Waals surface area (Å²) in [5.74, 6) is 1.49. The second-order valence-corrected chi connectivity index (χ2v) is 12.2. The molecule has 0 spiro atoms. The summed E-state index contributed by atoms with van der Waals surface area (Å²) in [4.78, 5) is 13.7. The van der Waals surface area contributed by atoms with Gasteiger partial charge in [-0.15, -0.1) is 11.8 Å². The summed E-state index contributed by atoms with van der Waals surface area (Å²) in [5, 5.41) is 12.6.